The zero-order valence-electron chi connectivity index (χ0n) is 11.9. The second-order valence-electron chi connectivity index (χ2n) is 4.39. The highest BCUT2D eigenvalue weighted by Gasteiger charge is 2.09. The Balaban J connectivity index is 2.15. The molecule has 0 aliphatic heterocycles. The minimum atomic E-state index is 0.534. The number of methoxy groups -OCH3 is 2. The van der Waals surface area contributed by atoms with E-state index in [9.17, 15) is 0 Å². The Morgan fingerprint density at radius 3 is 2.55 bits per heavy atom. The number of anilines is 1. The molecule has 1 N–H and O–H groups in total. The van der Waals surface area contributed by atoms with Gasteiger partial charge < -0.3 is 19.4 Å². The van der Waals surface area contributed by atoms with E-state index < -0.39 is 0 Å². The van der Waals surface area contributed by atoms with Crippen molar-refractivity contribution in [2.75, 3.05) is 19.5 Å². The SMILES string of the molecule is CCn1ccc(CNc2cc(OC)c(Cl)cc2OC)c1. The van der Waals surface area contributed by atoms with Gasteiger partial charge in [0.25, 0.3) is 0 Å². The molecule has 1 aromatic heterocycles. The first-order valence-corrected chi connectivity index (χ1v) is 6.85. The fourth-order valence-corrected chi connectivity index (χ4v) is 2.22. The van der Waals surface area contributed by atoms with Gasteiger partial charge in [-0.25, -0.2) is 0 Å². The highest BCUT2D eigenvalue weighted by atomic mass is 35.5. The van der Waals surface area contributed by atoms with Crippen LogP contribution in [0.3, 0.4) is 0 Å². The summed E-state index contributed by atoms with van der Waals surface area (Å²) >= 11 is 6.08. The first kappa shape index (κ1) is 14.6. The number of aryl methyl sites for hydroxylation is 1. The first-order chi connectivity index (χ1) is 9.67. The number of nitrogens with zero attached hydrogens (tertiary/aromatic N) is 1. The maximum atomic E-state index is 6.08. The number of aromatic nitrogens is 1. The van der Waals surface area contributed by atoms with Gasteiger partial charge in [0.1, 0.15) is 11.5 Å². The summed E-state index contributed by atoms with van der Waals surface area (Å²) < 4.78 is 12.7. The molecule has 2 rings (SSSR count). The molecule has 0 saturated heterocycles. The summed E-state index contributed by atoms with van der Waals surface area (Å²) in [6, 6.07) is 5.69. The van der Waals surface area contributed by atoms with Crippen molar-refractivity contribution in [3.63, 3.8) is 0 Å². The van der Waals surface area contributed by atoms with E-state index in [0.717, 1.165) is 12.2 Å². The number of hydrogen-bond donors (Lipinski definition) is 1. The van der Waals surface area contributed by atoms with E-state index in [2.05, 4.69) is 35.3 Å². The molecule has 0 aliphatic carbocycles. The predicted molar refractivity (Wildman–Crippen MR) is 82.0 cm³/mol. The largest absolute Gasteiger partial charge is 0.495 e. The number of rotatable bonds is 6. The van der Waals surface area contributed by atoms with Crippen LogP contribution in [0, 0.1) is 0 Å². The van der Waals surface area contributed by atoms with Gasteiger partial charge in [-0.15, -0.1) is 0 Å². The molecule has 108 valence electrons. The molecule has 0 amide bonds. The molecule has 0 fully saturated rings. The third-order valence-corrected chi connectivity index (χ3v) is 3.43. The van der Waals surface area contributed by atoms with Crippen molar-refractivity contribution in [2.24, 2.45) is 0 Å². The van der Waals surface area contributed by atoms with E-state index in [1.165, 1.54) is 5.56 Å². The molecule has 1 heterocycles. The van der Waals surface area contributed by atoms with Gasteiger partial charge in [-0.3, -0.25) is 0 Å². The van der Waals surface area contributed by atoms with Crippen LogP contribution in [0.1, 0.15) is 12.5 Å². The Bertz CT molecular complexity index is 581. The predicted octanol–water partition coefficient (Wildman–Crippen LogP) is 3.79. The first-order valence-electron chi connectivity index (χ1n) is 6.48. The molecule has 0 unspecified atom stereocenters. The normalized spacial score (nSPS) is 10.4. The van der Waals surface area contributed by atoms with Crippen LogP contribution in [0.2, 0.25) is 5.02 Å². The summed E-state index contributed by atoms with van der Waals surface area (Å²) in [7, 11) is 3.22. The number of benzene rings is 1. The topological polar surface area (TPSA) is 35.4 Å². The lowest BCUT2D eigenvalue weighted by atomic mass is 10.2. The van der Waals surface area contributed by atoms with Crippen molar-refractivity contribution in [1.82, 2.24) is 4.57 Å². The van der Waals surface area contributed by atoms with Gasteiger partial charge in [-0.1, -0.05) is 11.6 Å². The lowest BCUT2D eigenvalue weighted by Crippen LogP contribution is -2.01. The molecule has 0 saturated carbocycles. The molecule has 0 radical (unpaired) electrons. The maximum Gasteiger partial charge on any atom is 0.143 e. The van der Waals surface area contributed by atoms with E-state index >= 15 is 0 Å². The quantitative estimate of drug-likeness (QED) is 0.880. The Kier molecular flexibility index (Phi) is 4.79. The zero-order chi connectivity index (χ0) is 14.5. The van der Waals surface area contributed by atoms with Crippen LogP contribution in [0.4, 0.5) is 5.69 Å². The van der Waals surface area contributed by atoms with Crippen LogP contribution in [0.15, 0.2) is 30.6 Å². The second-order valence-corrected chi connectivity index (χ2v) is 4.80. The molecule has 0 bridgehead atoms. The Hall–Kier alpha value is -1.81. The van der Waals surface area contributed by atoms with Crippen LogP contribution in [0.5, 0.6) is 11.5 Å². The van der Waals surface area contributed by atoms with Crippen LogP contribution in [0.25, 0.3) is 0 Å². The van der Waals surface area contributed by atoms with E-state index in [1.54, 1.807) is 20.3 Å². The maximum absolute atomic E-state index is 6.08. The van der Waals surface area contributed by atoms with Crippen LogP contribution in [-0.4, -0.2) is 18.8 Å². The fourth-order valence-electron chi connectivity index (χ4n) is 1.99. The van der Waals surface area contributed by atoms with Gasteiger partial charge in [0, 0.05) is 37.6 Å². The highest BCUT2D eigenvalue weighted by molar-refractivity contribution is 6.32. The van der Waals surface area contributed by atoms with Crippen LogP contribution in [-0.2, 0) is 13.1 Å². The average Bonchev–Trinajstić information content (AvgIpc) is 2.93. The minimum absolute atomic E-state index is 0.534. The minimum Gasteiger partial charge on any atom is -0.495 e. The summed E-state index contributed by atoms with van der Waals surface area (Å²) in [6.45, 7) is 3.80. The number of halogens is 1. The van der Waals surface area contributed by atoms with Crippen LogP contribution >= 0.6 is 11.6 Å². The lowest BCUT2D eigenvalue weighted by Gasteiger charge is -2.13. The summed E-state index contributed by atoms with van der Waals surface area (Å²) in [6.07, 6.45) is 4.18. The number of ether oxygens (including phenoxy) is 2. The average molecular weight is 295 g/mol. The summed E-state index contributed by atoms with van der Waals surface area (Å²) in [5.74, 6) is 1.33. The van der Waals surface area contributed by atoms with Gasteiger partial charge >= 0.3 is 0 Å². The summed E-state index contributed by atoms with van der Waals surface area (Å²) in [5, 5.41) is 3.88. The molecule has 2 aromatic rings. The van der Waals surface area contributed by atoms with Crippen molar-refractivity contribution >= 4 is 17.3 Å². The van der Waals surface area contributed by atoms with Gasteiger partial charge in [0.2, 0.25) is 0 Å². The van der Waals surface area contributed by atoms with Crippen molar-refractivity contribution < 1.29 is 9.47 Å². The van der Waals surface area contributed by atoms with Gasteiger partial charge in [-0.2, -0.15) is 0 Å². The Morgan fingerprint density at radius 2 is 1.95 bits per heavy atom. The number of hydrogen-bond acceptors (Lipinski definition) is 3. The van der Waals surface area contributed by atoms with Gasteiger partial charge in [0.05, 0.1) is 24.9 Å². The third-order valence-electron chi connectivity index (χ3n) is 3.13. The molecular formula is C15H19ClN2O2. The van der Waals surface area contributed by atoms with Crippen molar-refractivity contribution in [3.8, 4) is 11.5 Å². The summed E-state index contributed by atoms with van der Waals surface area (Å²) in [4.78, 5) is 0. The van der Waals surface area contributed by atoms with Crippen molar-refractivity contribution in [1.29, 1.82) is 0 Å². The molecule has 4 nitrogen and oxygen atoms in total. The molecule has 20 heavy (non-hydrogen) atoms. The molecule has 1 aromatic carbocycles. The molecule has 5 heteroatoms. The van der Waals surface area contributed by atoms with Gasteiger partial charge in [-0.05, 0) is 18.6 Å². The molecule has 0 atom stereocenters. The third kappa shape index (κ3) is 3.20. The fraction of sp³-hybridized carbons (Fsp3) is 0.333. The molecule has 0 aliphatic rings. The summed E-state index contributed by atoms with van der Waals surface area (Å²) in [5.41, 5.74) is 2.07. The highest BCUT2D eigenvalue weighted by Crippen LogP contribution is 2.36. The van der Waals surface area contributed by atoms with Crippen LogP contribution < -0.4 is 14.8 Å². The lowest BCUT2D eigenvalue weighted by molar-refractivity contribution is 0.404. The smallest absolute Gasteiger partial charge is 0.143 e. The van der Waals surface area contributed by atoms with E-state index in [0.29, 0.717) is 23.1 Å². The molecule has 0 spiro atoms. The zero-order valence-corrected chi connectivity index (χ0v) is 12.7. The van der Waals surface area contributed by atoms with Crippen molar-refractivity contribution in [3.05, 3.63) is 41.2 Å². The van der Waals surface area contributed by atoms with E-state index in [1.807, 2.05) is 6.07 Å². The van der Waals surface area contributed by atoms with Gasteiger partial charge in [0.15, 0.2) is 0 Å². The monoisotopic (exact) mass is 294 g/mol. The molecular weight excluding hydrogens is 276 g/mol. The Labute approximate surface area is 124 Å². The standard InChI is InChI=1S/C15H19ClN2O2/c1-4-18-6-5-11(10-18)9-17-13-8-14(19-2)12(16)7-15(13)20-3/h5-8,10,17H,4,9H2,1-3H3. The number of nitrogens with one attached hydrogen (secondary N) is 1. The van der Waals surface area contributed by atoms with E-state index in [4.69, 9.17) is 21.1 Å². The second kappa shape index (κ2) is 6.57. The Morgan fingerprint density at radius 1 is 1.20 bits per heavy atom. The van der Waals surface area contributed by atoms with Crippen molar-refractivity contribution in [2.45, 2.75) is 20.0 Å². The van der Waals surface area contributed by atoms with E-state index in [-0.39, 0.29) is 0 Å².